The highest BCUT2D eigenvalue weighted by Gasteiger charge is 2.17. The smallest absolute Gasteiger partial charge is 0.120 e. The molecule has 2 rings (SSSR count). The summed E-state index contributed by atoms with van der Waals surface area (Å²) < 4.78 is 6.01. The fourth-order valence-electron chi connectivity index (χ4n) is 1.75. The van der Waals surface area contributed by atoms with Crippen LogP contribution in [0, 0.1) is 13.8 Å². The zero-order chi connectivity index (χ0) is 13.3. The Morgan fingerprint density at radius 2 is 2.00 bits per heavy atom. The molecule has 4 heteroatoms. The van der Waals surface area contributed by atoms with Crippen LogP contribution in [0.3, 0.4) is 0 Å². The third kappa shape index (κ3) is 2.60. The number of aryl methyl sites for hydroxylation is 2. The van der Waals surface area contributed by atoms with E-state index in [1.807, 2.05) is 24.3 Å². The average molecular weight is 327 g/mol. The minimum atomic E-state index is -0.595. The van der Waals surface area contributed by atoms with Crippen molar-refractivity contribution in [1.82, 2.24) is 0 Å². The second-order valence-corrected chi connectivity index (χ2v) is 6.32. The number of halogens is 1. The molecule has 2 nitrogen and oxygen atoms in total. The first-order valence-electron chi connectivity index (χ1n) is 5.61. The topological polar surface area (TPSA) is 29.5 Å². The van der Waals surface area contributed by atoms with E-state index in [0.29, 0.717) is 0 Å². The van der Waals surface area contributed by atoms with Crippen LogP contribution >= 0.6 is 27.3 Å². The molecule has 1 N–H and O–H groups in total. The molecule has 1 heterocycles. The lowest BCUT2D eigenvalue weighted by Gasteiger charge is -2.12. The lowest BCUT2D eigenvalue weighted by molar-refractivity contribution is 0.223. The van der Waals surface area contributed by atoms with Crippen LogP contribution in [0.2, 0.25) is 0 Å². The van der Waals surface area contributed by atoms with Gasteiger partial charge < -0.3 is 9.84 Å². The molecular weight excluding hydrogens is 312 g/mol. The number of rotatable bonds is 3. The van der Waals surface area contributed by atoms with Crippen LogP contribution in [0.1, 0.15) is 27.0 Å². The van der Waals surface area contributed by atoms with Crippen molar-refractivity contribution >= 4 is 27.3 Å². The predicted molar refractivity (Wildman–Crippen MR) is 78.5 cm³/mol. The molecule has 18 heavy (non-hydrogen) atoms. The zero-order valence-electron chi connectivity index (χ0n) is 10.5. The minimum absolute atomic E-state index is 0.595. The van der Waals surface area contributed by atoms with E-state index in [0.717, 1.165) is 20.7 Å². The molecule has 0 aliphatic carbocycles. The van der Waals surface area contributed by atoms with Crippen LogP contribution in [0.25, 0.3) is 0 Å². The minimum Gasteiger partial charge on any atom is -0.497 e. The number of aliphatic hydroxyl groups is 1. The highest BCUT2D eigenvalue weighted by Crippen LogP contribution is 2.35. The van der Waals surface area contributed by atoms with Crippen molar-refractivity contribution in [1.29, 1.82) is 0 Å². The number of hydrogen-bond acceptors (Lipinski definition) is 3. The van der Waals surface area contributed by atoms with E-state index in [9.17, 15) is 5.11 Å². The van der Waals surface area contributed by atoms with E-state index in [-0.39, 0.29) is 0 Å². The maximum absolute atomic E-state index is 10.4. The van der Waals surface area contributed by atoms with Crippen LogP contribution in [0.4, 0.5) is 0 Å². The number of methoxy groups -OCH3 is 1. The van der Waals surface area contributed by atoms with E-state index in [4.69, 9.17) is 4.74 Å². The molecule has 0 bridgehead atoms. The number of thiophene rings is 1. The average Bonchev–Trinajstić information content (AvgIpc) is 2.68. The Labute approximate surface area is 119 Å². The lowest BCUT2D eigenvalue weighted by Crippen LogP contribution is -1.98. The fourth-order valence-corrected chi connectivity index (χ4v) is 3.37. The summed E-state index contributed by atoms with van der Waals surface area (Å²) in [5.41, 5.74) is 2.08. The summed E-state index contributed by atoms with van der Waals surface area (Å²) in [6.07, 6.45) is -0.595. The molecule has 96 valence electrons. The van der Waals surface area contributed by atoms with Crippen molar-refractivity contribution in [2.24, 2.45) is 0 Å². The van der Waals surface area contributed by atoms with Gasteiger partial charge in [-0.25, -0.2) is 0 Å². The SMILES string of the molecule is COc1ccc(C(O)c2cc(C)c(C)s2)c(Br)c1. The van der Waals surface area contributed by atoms with Gasteiger partial charge in [-0.2, -0.15) is 0 Å². The van der Waals surface area contributed by atoms with Gasteiger partial charge in [0, 0.05) is 19.8 Å². The molecule has 0 amide bonds. The van der Waals surface area contributed by atoms with Gasteiger partial charge in [0.2, 0.25) is 0 Å². The lowest BCUT2D eigenvalue weighted by atomic mass is 10.1. The summed E-state index contributed by atoms with van der Waals surface area (Å²) in [5.74, 6) is 0.774. The van der Waals surface area contributed by atoms with E-state index in [1.54, 1.807) is 18.4 Å². The number of benzene rings is 1. The van der Waals surface area contributed by atoms with Gasteiger partial charge in [-0.1, -0.05) is 22.0 Å². The van der Waals surface area contributed by atoms with Crippen LogP contribution < -0.4 is 4.74 Å². The van der Waals surface area contributed by atoms with Crippen molar-refractivity contribution in [2.75, 3.05) is 7.11 Å². The second-order valence-electron chi connectivity index (χ2n) is 4.18. The van der Waals surface area contributed by atoms with Crippen LogP contribution in [0.5, 0.6) is 5.75 Å². The Balaban J connectivity index is 2.36. The van der Waals surface area contributed by atoms with E-state index in [1.165, 1.54) is 10.4 Å². The predicted octanol–water partition coefficient (Wildman–Crippen LogP) is 4.22. The molecule has 0 fully saturated rings. The highest BCUT2D eigenvalue weighted by atomic mass is 79.9. The zero-order valence-corrected chi connectivity index (χ0v) is 12.9. The summed E-state index contributed by atoms with van der Waals surface area (Å²) in [7, 11) is 1.63. The van der Waals surface area contributed by atoms with Gasteiger partial charge in [-0.05, 0) is 37.6 Å². The molecule has 0 radical (unpaired) electrons. The monoisotopic (exact) mass is 326 g/mol. The van der Waals surface area contributed by atoms with Gasteiger partial charge in [0.25, 0.3) is 0 Å². The molecule has 1 atom stereocenters. The molecule has 0 saturated heterocycles. The van der Waals surface area contributed by atoms with Gasteiger partial charge in [0.15, 0.2) is 0 Å². The number of aliphatic hydroxyl groups excluding tert-OH is 1. The van der Waals surface area contributed by atoms with Crippen molar-refractivity contribution in [2.45, 2.75) is 20.0 Å². The van der Waals surface area contributed by atoms with Crippen LogP contribution in [0.15, 0.2) is 28.7 Å². The summed E-state index contributed by atoms with van der Waals surface area (Å²) >= 11 is 5.11. The maximum Gasteiger partial charge on any atom is 0.120 e. The van der Waals surface area contributed by atoms with Gasteiger partial charge >= 0.3 is 0 Å². The van der Waals surface area contributed by atoms with Crippen LogP contribution in [-0.2, 0) is 0 Å². The Bertz CT molecular complexity index is 543. The standard InChI is InChI=1S/C14H15BrO2S/c1-8-6-13(18-9(8)2)14(16)11-5-4-10(17-3)7-12(11)15/h4-7,14,16H,1-3H3. The molecule has 2 aromatic rings. The second kappa shape index (κ2) is 5.43. The van der Waals surface area contributed by atoms with E-state index >= 15 is 0 Å². The summed E-state index contributed by atoms with van der Waals surface area (Å²) in [6, 6.07) is 7.65. The van der Waals surface area contributed by atoms with Crippen molar-refractivity contribution in [3.05, 3.63) is 49.6 Å². The summed E-state index contributed by atoms with van der Waals surface area (Å²) in [6.45, 7) is 4.13. The first kappa shape index (κ1) is 13.6. The largest absolute Gasteiger partial charge is 0.497 e. The highest BCUT2D eigenvalue weighted by molar-refractivity contribution is 9.10. The Hall–Kier alpha value is -0.840. The summed E-state index contributed by atoms with van der Waals surface area (Å²) in [5, 5.41) is 10.4. The first-order valence-corrected chi connectivity index (χ1v) is 7.22. The quantitative estimate of drug-likeness (QED) is 0.915. The summed E-state index contributed by atoms with van der Waals surface area (Å²) in [4.78, 5) is 2.21. The molecule has 0 aliphatic rings. The number of ether oxygens (including phenoxy) is 1. The van der Waals surface area contributed by atoms with E-state index < -0.39 is 6.10 Å². The molecule has 0 spiro atoms. The molecular formula is C14H15BrO2S. The third-order valence-electron chi connectivity index (χ3n) is 2.96. The normalized spacial score (nSPS) is 12.5. The number of hydrogen-bond donors (Lipinski definition) is 1. The van der Waals surface area contributed by atoms with Gasteiger partial charge in [-0.15, -0.1) is 11.3 Å². The van der Waals surface area contributed by atoms with Crippen molar-refractivity contribution in [3.8, 4) is 5.75 Å². The fraction of sp³-hybridized carbons (Fsp3) is 0.286. The molecule has 0 saturated carbocycles. The third-order valence-corrected chi connectivity index (χ3v) is 4.85. The Morgan fingerprint density at radius 3 is 2.50 bits per heavy atom. The van der Waals surface area contributed by atoms with Crippen LogP contribution in [-0.4, -0.2) is 12.2 Å². The van der Waals surface area contributed by atoms with Crippen molar-refractivity contribution < 1.29 is 9.84 Å². The van der Waals surface area contributed by atoms with Gasteiger partial charge in [0.05, 0.1) is 7.11 Å². The van der Waals surface area contributed by atoms with E-state index in [2.05, 4.69) is 29.8 Å². The van der Waals surface area contributed by atoms with Gasteiger partial charge in [0.1, 0.15) is 11.9 Å². The molecule has 1 aromatic heterocycles. The Morgan fingerprint density at radius 1 is 1.28 bits per heavy atom. The molecule has 0 aliphatic heterocycles. The Kier molecular flexibility index (Phi) is 4.10. The molecule has 1 aromatic carbocycles. The van der Waals surface area contributed by atoms with Crippen molar-refractivity contribution in [3.63, 3.8) is 0 Å². The van der Waals surface area contributed by atoms with Gasteiger partial charge in [-0.3, -0.25) is 0 Å². The maximum atomic E-state index is 10.4. The molecule has 1 unspecified atom stereocenters. The first-order chi connectivity index (χ1) is 8.52.